The van der Waals surface area contributed by atoms with Gasteiger partial charge in [-0.15, -0.1) is 0 Å². The van der Waals surface area contributed by atoms with E-state index in [1.165, 1.54) is 6.34 Å². The van der Waals surface area contributed by atoms with E-state index in [-0.39, 0.29) is 12.4 Å². The molecule has 74 valence electrons. The second-order valence-electron chi connectivity index (χ2n) is 2.57. The van der Waals surface area contributed by atoms with E-state index in [9.17, 15) is 0 Å². The molecule has 0 rings (SSSR count). The van der Waals surface area contributed by atoms with Crippen LogP contribution in [0.4, 0.5) is 0 Å². The molecule has 0 spiro atoms. The van der Waals surface area contributed by atoms with Crippen molar-refractivity contribution in [3.63, 3.8) is 0 Å². The quantitative estimate of drug-likeness (QED) is 0.320. The SMILES string of the molecule is [C-]#[N+]C(=N)C(C#N)NC=NC[C@@H](C)O. The van der Waals surface area contributed by atoms with Gasteiger partial charge in [0, 0.05) is 0 Å². The highest BCUT2D eigenvalue weighted by molar-refractivity contribution is 5.96. The van der Waals surface area contributed by atoms with Crippen LogP contribution in [0.15, 0.2) is 4.99 Å². The van der Waals surface area contributed by atoms with E-state index in [1.807, 2.05) is 0 Å². The third kappa shape index (κ3) is 4.86. The Morgan fingerprint density at radius 2 is 2.57 bits per heavy atom. The summed E-state index contributed by atoms with van der Waals surface area (Å²) in [6.07, 6.45) is 0.675. The summed E-state index contributed by atoms with van der Waals surface area (Å²) in [5, 5.41) is 26.9. The van der Waals surface area contributed by atoms with Gasteiger partial charge in [0.2, 0.25) is 0 Å². The lowest BCUT2D eigenvalue weighted by atomic mass is 10.3. The van der Waals surface area contributed by atoms with Crippen molar-refractivity contribution in [3.8, 4) is 6.07 Å². The fraction of sp³-hybridized carbons (Fsp3) is 0.500. The highest BCUT2D eigenvalue weighted by Gasteiger charge is 2.10. The van der Waals surface area contributed by atoms with Gasteiger partial charge >= 0.3 is 0 Å². The van der Waals surface area contributed by atoms with Gasteiger partial charge in [-0.3, -0.25) is 4.99 Å². The molecule has 0 bridgehead atoms. The smallest absolute Gasteiger partial charge is 0.275 e. The monoisotopic (exact) mass is 193 g/mol. The van der Waals surface area contributed by atoms with Crippen LogP contribution in [0.2, 0.25) is 0 Å². The van der Waals surface area contributed by atoms with Gasteiger partial charge in [-0.2, -0.15) is 10.7 Å². The number of rotatable bonds is 5. The number of nitrogens with zero attached hydrogens (tertiary/aromatic N) is 3. The summed E-state index contributed by atoms with van der Waals surface area (Å²) >= 11 is 0. The predicted octanol–water partition coefficient (Wildman–Crippen LogP) is -0.226. The molecule has 0 heterocycles. The number of nitriles is 1. The van der Waals surface area contributed by atoms with Crippen LogP contribution in [0, 0.1) is 23.3 Å². The normalized spacial score (nSPS) is 14.0. The van der Waals surface area contributed by atoms with Crippen molar-refractivity contribution in [3.05, 3.63) is 11.4 Å². The standard InChI is InChI=1S/C8H11N5O/c1-6(14)4-12-5-13-7(3-9)8(10)11-2/h5-7,10,14H,4H2,1H3,(H,12,13)/t6-,7?/m1/s1. The average Bonchev–Trinajstić information content (AvgIpc) is 2.16. The zero-order valence-corrected chi connectivity index (χ0v) is 7.73. The van der Waals surface area contributed by atoms with Crippen molar-refractivity contribution in [1.29, 1.82) is 10.7 Å². The summed E-state index contributed by atoms with van der Waals surface area (Å²) in [5.41, 5.74) is 0. The number of amidine groups is 1. The Hall–Kier alpha value is -1.92. The first-order valence-corrected chi connectivity index (χ1v) is 3.89. The maximum Gasteiger partial charge on any atom is 0.275 e. The summed E-state index contributed by atoms with van der Waals surface area (Å²) in [5.74, 6) is -0.379. The lowest BCUT2D eigenvalue weighted by Crippen LogP contribution is -2.32. The van der Waals surface area contributed by atoms with E-state index in [1.54, 1.807) is 13.0 Å². The van der Waals surface area contributed by atoms with Gasteiger partial charge in [0.25, 0.3) is 5.84 Å². The van der Waals surface area contributed by atoms with Gasteiger partial charge < -0.3 is 15.3 Å². The van der Waals surface area contributed by atoms with E-state index in [0.29, 0.717) is 0 Å². The molecule has 3 N–H and O–H groups in total. The molecule has 0 aliphatic heterocycles. The Morgan fingerprint density at radius 3 is 3.00 bits per heavy atom. The number of nitrogens with one attached hydrogen (secondary N) is 2. The van der Waals surface area contributed by atoms with Crippen LogP contribution in [0.3, 0.4) is 0 Å². The molecule has 6 nitrogen and oxygen atoms in total. The molecule has 0 radical (unpaired) electrons. The van der Waals surface area contributed by atoms with E-state index in [4.69, 9.17) is 22.3 Å². The van der Waals surface area contributed by atoms with Crippen LogP contribution in [-0.4, -0.2) is 36.0 Å². The average molecular weight is 193 g/mol. The van der Waals surface area contributed by atoms with Gasteiger partial charge in [0.05, 0.1) is 25.1 Å². The highest BCUT2D eigenvalue weighted by Crippen LogP contribution is 1.85. The van der Waals surface area contributed by atoms with Crippen molar-refractivity contribution < 1.29 is 5.11 Å². The Morgan fingerprint density at radius 1 is 1.93 bits per heavy atom. The second-order valence-corrected chi connectivity index (χ2v) is 2.57. The van der Waals surface area contributed by atoms with Gasteiger partial charge in [-0.1, -0.05) is 6.57 Å². The first-order valence-electron chi connectivity index (χ1n) is 3.89. The fourth-order valence-corrected chi connectivity index (χ4v) is 0.574. The molecular formula is C8H11N5O. The highest BCUT2D eigenvalue weighted by atomic mass is 16.3. The van der Waals surface area contributed by atoms with Crippen LogP contribution < -0.4 is 5.32 Å². The molecule has 0 aromatic rings. The first-order chi connectivity index (χ1) is 6.61. The summed E-state index contributed by atoms with van der Waals surface area (Å²) in [7, 11) is 0. The maximum absolute atomic E-state index is 8.83. The molecular weight excluding hydrogens is 182 g/mol. The number of hydrogen-bond donors (Lipinski definition) is 3. The predicted molar refractivity (Wildman–Crippen MR) is 51.9 cm³/mol. The number of hydrogen-bond acceptors (Lipinski definition) is 4. The van der Waals surface area contributed by atoms with E-state index >= 15 is 0 Å². The topological polar surface area (TPSA) is 96.6 Å². The fourth-order valence-electron chi connectivity index (χ4n) is 0.574. The largest absolute Gasteiger partial charge is 0.391 e. The zero-order valence-electron chi connectivity index (χ0n) is 7.73. The molecule has 0 saturated heterocycles. The molecule has 0 saturated carbocycles. The van der Waals surface area contributed by atoms with E-state index in [2.05, 4.69) is 15.2 Å². The van der Waals surface area contributed by atoms with Crippen molar-refractivity contribution in [2.24, 2.45) is 4.99 Å². The zero-order chi connectivity index (χ0) is 11.0. The van der Waals surface area contributed by atoms with E-state index < -0.39 is 12.1 Å². The molecule has 1 unspecified atom stereocenters. The molecule has 0 aromatic heterocycles. The summed E-state index contributed by atoms with van der Waals surface area (Å²) in [6, 6.07) is 0.770. The Kier molecular flexibility index (Phi) is 5.68. The van der Waals surface area contributed by atoms with Gasteiger partial charge in [-0.05, 0) is 6.92 Å². The van der Waals surface area contributed by atoms with Crippen molar-refractivity contribution in [2.75, 3.05) is 6.54 Å². The Balaban J connectivity index is 3.99. The number of aliphatic imine (C=N–C) groups is 1. The molecule has 6 heteroatoms. The van der Waals surface area contributed by atoms with Gasteiger partial charge in [0.15, 0.2) is 6.04 Å². The minimum absolute atomic E-state index is 0.219. The third-order valence-corrected chi connectivity index (χ3v) is 1.23. The molecule has 0 aliphatic rings. The lowest BCUT2D eigenvalue weighted by molar-refractivity contribution is 0.204. The van der Waals surface area contributed by atoms with Crippen LogP contribution in [0.5, 0.6) is 0 Å². The summed E-state index contributed by atoms with van der Waals surface area (Å²) in [4.78, 5) is 6.55. The Labute approximate surface area is 82.2 Å². The lowest BCUT2D eigenvalue weighted by Gasteiger charge is -2.04. The van der Waals surface area contributed by atoms with Crippen molar-refractivity contribution in [2.45, 2.75) is 19.1 Å². The molecule has 0 amide bonds. The molecule has 2 atom stereocenters. The minimum atomic E-state index is -0.967. The van der Waals surface area contributed by atoms with E-state index in [0.717, 1.165) is 0 Å². The summed E-state index contributed by atoms with van der Waals surface area (Å²) in [6.45, 7) is 8.32. The second kappa shape index (κ2) is 6.58. The van der Waals surface area contributed by atoms with Gasteiger partial charge in [0.1, 0.15) is 0 Å². The van der Waals surface area contributed by atoms with Crippen LogP contribution in [0.25, 0.3) is 4.85 Å². The van der Waals surface area contributed by atoms with Crippen molar-refractivity contribution in [1.82, 2.24) is 5.32 Å². The molecule has 14 heavy (non-hydrogen) atoms. The maximum atomic E-state index is 8.83. The Bertz CT molecular complexity index is 296. The molecule has 0 fully saturated rings. The van der Waals surface area contributed by atoms with Crippen LogP contribution in [0.1, 0.15) is 6.92 Å². The third-order valence-electron chi connectivity index (χ3n) is 1.23. The minimum Gasteiger partial charge on any atom is -0.391 e. The van der Waals surface area contributed by atoms with Gasteiger partial charge in [-0.25, -0.2) is 0 Å². The molecule has 0 aliphatic carbocycles. The molecule has 0 aromatic carbocycles. The van der Waals surface area contributed by atoms with Crippen molar-refractivity contribution >= 4 is 12.2 Å². The number of aliphatic hydroxyl groups excluding tert-OH is 1. The van der Waals surface area contributed by atoms with Crippen LogP contribution >= 0.6 is 0 Å². The summed E-state index contributed by atoms with van der Waals surface area (Å²) < 4.78 is 0. The number of aliphatic hydroxyl groups is 1. The first kappa shape index (κ1) is 12.1. The van der Waals surface area contributed by atoms with Crippen LogP contribution in [-0.2, 0) is 0 Å².